The maximum Gasteiger partial charge on any atom is 0.231 e. The number of nitrogens with two attached hydrogens (primary N) is 1. The molecule has 2 heterocycles. The number of nitrogens with one attached hydrogen (secondary N) is 1. The Kier molecular flexibility index (Phi) is 4.76. The van der Waals surface area contributed by atoms with Crippen LogP contribution in [0.4, 0.5) is 17.8 Å². The molecule has 0 spiro atoms. The van der Waals surface area contributed by atoms with Crippen molar-refractivity contribution in [2.24, 2.45) is 0 Å². The van der Waals surface area contributed by atoms with Crippen LogP contribution >= 0.6 is 23.5 Å². The fraction of sp³-hybridized carbons (Fsp3) is 0.700. The molecule has 0 aliphatic carbocycles. The Morgan fingerprint density at radius 2 is 2.17 bits per heavy atom. The third kappa shape index (κ3) is 3.81. The van der Waals surface area contributed by atoms with Crippen LogP contribution in [-0.2, 0) is 0 Å². The van der Waals surface area contributed by atoms with Crippen molar-refractivity contribution in [1.29, 1.82) is 0 Å². The van der Waals surface area contributed by atoms with Crippen molar-refractivity contribution >= 4 is 41.4 Å². The number of thioether (sulfide) groups is 2. The normalized spacial score (nSPS) is 19.6. The fourth-order valence-corrected chi connectivity index (χ4v) is 4.13. The van der Waals surface area contributed by atoms with Gasteiger partial charge in [-0.25, -0.2) is 0 Å². The number of hydrogen-bond donors (Lipinski definition) is 2. The van der Waals surface area contributed by atoms with E-state index < -0.39 is 0 Å². The van der Waals surface area contributed by atoms with Crippen LogP contribution in [0.5, 0.6) is 0 Å². The van der Waals surface area contributed by atoms with Crippen molar-refractivity contribution in [3.8, 4) is 0 Å². The molecular formula is C10H18N6S2. The Morgan fingerprint density at radius 3 is 2.83 bits per heavy atom. The quantitative estimate of drug-likeness (QED) is 0.840. The number of nitrogen functional groups attached to an aromatic ring is 1. The molecule has 0 bridgehead atoms. The highest BCUT2D eigenvalue weighted by Crippen LogP contribution is 2.24. The van der Waals surface area contributed by atoms with Crippen LogP contribution in [0.1, 0.15) is 0 Å². The molecule has 1 saturated heterocycles. The first-order chi connectivity index (χ1) is 8.65. The smallest absolute Gasteiger partial charge is 0.231 e. The summed E-state index contributed by atoms with van der Waals surface area (Å²) in [5, 5.41) is 3.86. The van der Waals surface area contributed by atoms with Gasteiger partial charge in [0.1, 0.15) is 0 Å². The molecule has 6 nitrogen and oxygen atoms in total. The number of rotatable bonds is 4. The minimum Gasteiger partial charge on any atom is -0.368 e. The molecule has 8 heteroatoms. The summed E-state index contributed by atoms with van der Waals surface area (Å²) in [6.45, 7) is 0.869. The van der Waals surface area contributed by atoms with Gasteiger partial charge in [-0.2, -0.15) is 38.5 Å². The van der Waals surface area contributed by atoms with Crippen molar-refractivity contribution in [2.75, 3.05) is 53.8 Å². The number of anilines is 3. The van der Waals surface area contributed by atoms with E-state index in [2.05, 4.69) is 20.3 Å². The van der Waals surface area contributed by atoms with Crippen molar-refractivity contribution in [3.63, 3.8) is 0 Å². The second kappa shape index (κ2) is 6.33. The molecule has 1 aliphatic heterocycles. The van der Waals surface area contributed by atoms with Crippen molar-refractivity contribution in [1.82, 2.24) is 15.0 Å². The van der Waals surface area contributed by atoms with E-state index in [1.165, 1.54) is 17.3 Å². The molecule has 0 aromatic carbocycles. The highest BCUT2D eigenvalue weighted by Gasteiger charge is 2.15. The van der Waals surface area contributed by atoms with Gasteiger partial charge in [-0.3, -0.25) is 0 Å². The van der Waals surface area contributed by atoms with E-state index in [0.29, 0.717) is 17.1 Å². The zero-order valence-electron chi connectivity index (χ0n) is 10.6. The highest BCUT2D eigenvalue weighted by molar-refractivity contribution is 8.06. The summed E-state index contributed by atoms with van der Waals surface area (Å²) in [5.74, 6) is 5.04. The molecule has 1 unspecified atom stereocenters. The molecule has 1 aromatic heterocycles. The minimum absolute atomic E-state index is 0.252. The first-order valence-corrected chi connectivity index (χ1v) is 7.97. The van der Waals surface area contributed by atoms with E-state index in [1.54, 1.807) is 0 Å². The van der Waals surface area contributed by atoms with Gasteiger partial charge in [0.05, 0.1) is 0 Å². The van der Waals surface area contributed by atoms with Gasteiger partial charge in [0, 0.05) is 43.1 Å². The van der Waals surface area contributed by atoms with Gasteiger partial charge in [-0.15, -0.1) is 0 Å². The van der Waals surface area contributed by atoms with Gasteiger partial charge >= 0.3 is 0 Å². The zero-order chi connectivity index (χ0) is 13.0. The second-order valence-electron chi connectivity index (χ2n) is 4.16. The molecule has 0 radical (unpaired) electrons. The lowest BCUT2D eigenvalue weighted by Gasteiger charge is -2.21. The van der Waals surface area contributed by atoms with Crippen molar-refractivity contribution < 1.29 is 0 Å². The Morgan fingerprint density at radius 1 is 1.33 bits per heavy atom. The number of aromatic nitrogens is 3. The maximum absolute atomic E-state index is 5.67. The second-order valence-corrected chi connectivity index (χ2v) is 6.72. The lowest BCUT2D eigenvalue weighted by Crippen LogP contribution is -2.24. The fourth-order valence-electron chi connectivity index (χ4n) is 1.52. The summed E-state index contributed by atoms with van der Waals surface area (Å²) >= 11 is 4.00. The van der Waals surface area contributed by atoms with Crippen LogP contribution in [0.2, 0.25) is 0 Å². The molecule has 1 aromatic rings. The summed E-state index contributed by atoms with van der Waals surface area (Å²) in [5.41, 5.74) is 5.67. The average Bonchev–Trinajstić information content (AvgIpc) is 2.37. The highest BCUT2D eigenvalue weighted by atomic mass is 32.2. The predicted molar refractivity (Wildman–Crippen MR) is 80.6 cm³/mol. The van der Waals surface area contributed by atoms with Crippen LogP contribution < -0.4 is 16.0 Å². The van der Waals surface area contributed by atoms with Gasteiger partial charge in [-0.05, 0) is 0 Å². The van der Waals surface area contributed by atoms with Crippen LogP contribution in [-0.4, -0.2) is 58.1 Å². The first kappa shape index (κ1) is 13.5. The third-order valence-electron chi connectivity index (χ3n) is 2.41. The zero-order valence-corrected chi connectivity index (χ0v) is 12.2. The van der Waals surface area contributed by atoms with Crippen molar-refractivity contribution in [2.45, 2.75) is 5.25 Å². The van der Waals surface area contributed by atoms with E-state index in [9.17, 15) is 0 Å². The minimum atomic E-state index is 0.252. The summed E-state index contributed by atoms with van der Waals surface area (Å²) in [7, 11) is 3.76. The van der Waals surface area contributed by atoms with Crippen LogP contribution in [0, 0.1) is 0 Å². The van der Waals surface area contributed by atoms with Gasteiger partial charge in [0.25, 0.3) is 0 Å². The molecule has 2 rings (SSSR count). The number of nitrogens with zero attached hydrogens (tertiary/aromatic N) is 4. The summed E-state index contributed by atoms with van der Waals surface area (Å²) < 4.78 is 0. The summed E-state index contributed by atoms with van der Waals surface area (Å²) in [6, 6.07) is 0. The van der Waals surface area contributed by atoms with E-state index in [1.807, 2.05) is 42.5 Å². The lowest BCUT2D eigenvalue weighted by molar-refractivity contribution is 0.932. The largest absolute Gasteiger partial charge is 0.368 e. The first-order valence-electron chi connectivity index (χ1n) is 5.77. The van der Waals surface area contributed by atoms with Crippen LogP contribution in [0.25, 0.3) is 0 Å². The Hall–Kier alpha value is -0.890. The maximum atomic E-state index is 5.67. The topological polar surface area (TPSA) is 80.0 Å². The molecule has 100 valence electrons. The molecule has 1 atom stereocenters. The van der Waals surface area contributed by atoms with E-state index in [0.717, 1.165) is 6.54 Å². The van der Waals surface area contributed by atoms with Gasteiger partial charge < -0.3 is 16.0 Å². The molecule has 3 N–H and O–H groups in total. The Balaban J connectivity index is 1.95. The Labute approximate surface area is 116 Å². The van der Waals surface area contributed by atoms with E-state index >= 15 is 0 Å². The Bertz CT molecular complexity index is 394. The number of hydrogen-bond acceptors (Lipinski definition) is 8. The summed E-state index contributed by atoms with van der Waals surface area (Å²) in [4.78, 5) is 14.3. The molecule has 18 heavy (non-hydrogen) atoms. The molecule has 1 aliphatic rings. The van der Waals surface area contributed by atoms with E-state index in [-0.39, 0.29) is 5.95 Å². The van der Waals surface area contributed by atoms with Gasteiger partial charge in [-0.1, -0.05) is 0 Å². The van der Waals surface area contributed by atoms with Crippen LogP contribution in [0.3, 0.4) is 0 Å². The van der Waals surface area contributed by atoms with Gasteiger partial charge in [0.15, 0.2) is 0 Å². The predicted octanol–water partition coefficient (Wildman–Crippen LogP) is 0.780. The monoisotopic (exact) mass is 286 g/mol. The average molecular weight is 286 g/mol. The third-order valence-corrected chi connectivity index (χ3v) is 5.26. The standard InChI is InChI=1S/C10H18N6S2/c1-16(2)10-14-8(11)13-9(15-10)12-5-7-6-17-3-4-18-7/h7H,3-6H2,1-2H3,(H3,11,12,13,14,15). The summed E-state index contributed by atoms with van der Waals surface area (Å²) in [6.07, 6.45) is 0. The molecule has 0 saturated carbocycles. The van der Waals surface area contributed by atoms with E-state index in [4.69, 9.17) is 5.73 Å². The SMILES string of the molecule is CN(C)c1nc(N)nc(NCC2CSCCS2)n1. The van der Waals surface area contributed by atoms with Crippen LogP contribution in [0.15, 0.2) is 0 Å². The van der Waals surface area contributed by atoms with Crippen molar-refractivity contribution in [3.05, 3.63) is 0 Å². The van der Waals surface area contributed by atoms with Gasteiger partial charge in [0.2, 0.25) is 17.8 Å². The molecule has 0 amide bonds. The lowest BCUT2D eigenvalue weighted by atomic mass is 10.5. The molecular weight excluding hydrogens is 268 g/mol. The molecule has 1 fully saturated rings.